The van der Waals surface area contributed by atoms with Crippen LogP contribution in [0.5, 0.6) is 5.75 Å². The van der Waals surface area contributed by atoms with E-state index in [0.717, 1.165) is 33.2 Å². The van der Waals surface area contributed by atoms with Crippen molar-refractivity contribution >= 4 is 27.4 Å². The van der Waals surface area contributed by atoms with E-state index in [-0.39, 0.29) is 0 Å². The van der Waals surface area contributed by atoms with Gasteiger partial charge in [0.25, 0.3) is 0 Å². The van der Waals surface area contributed by atoms with Gasteiger partial charge in [-0.2, -0.15) is 0 Å². The third kappa shape index (κ3) is 2.97. The van der Waals surface area contributed by atoms with Crippen LogP contribution in [0.25, 0.3) is 22.3 Å². The van der Waals surface area contributed by atoms with Crippen LogP contribution in [-0.4, -0.2) is 23.1 Å². The molecule has 0 bridgehead atoms. The molecule has 0 amide bonds. The van der Waals surface area contributed by atoms with Crippen molar-refractivity contribution in [3.05, 3.63) is 35.7 Å². The molecular formula is C16H16N3OS. The van der Waals surface area contributed by atoms with Crippen molar-refractivity contribution in [3.8, 4) is 17.1 Å². The van der Waals surface area contributed by atoms with E-state index in [2.05, 4.69) is 35.2 Å². The minimum atomic E-state index is 0.363. The number of fused-ring (bicyclic) bond motifs is 1. The average molecular weight is 298 g/mol. The second-order valence-corrected chi connectivity index (χ2v) is 5.87. The lowest BCUT2D eigenvalue weighted by Crippen LogP contribution is -2.09. The van der Waals surface area contributed by atoms with Gasteiger partial charge in [-0.15, -0.1) is 11.3 Å². The van der Waals surface area contributed by atoms with Crippen molar-refractivity contribution in [2.24, 2.45) is 0 Å². The van der Waals surface area contributed by atoms with E-state index in [9.17, 15) is 0 Å². The Morgan fingerprint density at radius 1 is 1.29 bits per heavy atom. The largest absolute Gasteiger partial charge is 0.497 e. The number of anilines is 1. The van der Waals surface area contributed by atoms with Crippen LogP contribution >= 0.6 is 11.3 Å². The first-order valence-corrected chi connectivity index (χ1v) is 7.62. The van der Waals surface area contributed by atoms with E-state index in [0.29, 0.717) is 6.04 Å². The van der Waals surface area contributed by atoms with Crippen molar-refractivity contribution < 1.29 is 4.74 Å². The highest BCUT2D eigenvalue weighted by atomic mass is 32.1. The maximum absolute atomic E-state index is 5.24. The van der Waals surface area contributed by atoms with Gasteiger partial charge in [0.05, 0.1) is 18.3 Å². The van der Waals surface area contributed by atoms with Crippen LogP contribution in [-0.2, 0) is 0 Å². The zero-order chi connectivity index (χ0) is 14.8. The summed E-state index contributed by atoms with van der Waals surface area (Å²) in [6.07, 6.45) is 0. The Kier molecular flexibility index (Phi) is 3.75. The number of nitrogens with one attached hydrogen (secondary N) is 1. The average Bonchev–Trinajstić information content (AvgIpc) is 2.93. The molecule has 0 spiro atoms. The van der Waals surface area contributed by atoms with Gasteiger partial charge in [0.15, 0.2) is 5.13 Å². The SMILES string of the molecule is COc1ccc2c[c]c(-c3csc(NC(C)C)n3)nc2c1. The second-order valence-electron chi connectivity index (χ2n) is 5.01. The number of hydrogen-bond acceptors (Lipinski definition) is 5. The highest BCUT2D eigenvalue weighted by Gasteiger charge is 2.08. The summed E-state index contributed by atoms with van der Waals surface area (Å²) in [5.74, 6) is 0.799. The van der Waals surface area contributed by atoms with E-state index >= 15 is 0 Å². The second kappa shape index (κ2) is 5.69. The van der Waals surface area contributed by atoms with Crippen LogP contribution in [0.4, 0.5) is 5.13 Å². The summed E-state index contributed by atoms with van der Waals surface area (Å²) in [5, 5.41) is 7.23. The maximum atomic E-state index is 5.24. The fourth-order valence-corrected chi connectivity index (χ4v) is 2.84. The topological polar surface area (TPSA) is 47.0 Å². The van der Waals surface area contributed by atoms with E-state index in [4.69, 9.17) is 4.74 Å². The van der Waals surface area contributed by atoms with E-state index < -0.39 is 0 Å². The summed E-state index contributed by atoms with van der Waals surface area (Å²) in [6, 6.07) is 11.3. The van der Waals surface area contributed by atoms with Gasteiger partial charge in [0, 0.05) is 28.9 Å². The molecule has 2 aromatic heterocycles. The van der Waals surface area contributed by atoms with Crippen LogP contribution in [0.3, 0.4) is 0 Å². The van der Waals surface area contributed by atoms with Crippen LogP contribution in [0.2, 0.25) is 0 Å². The van der Waals surface area contributed by atoms with Crippen molar-refractivity contribution in [3.63, 3.8) is 0 Å². The molecule has 3 rings (SSSR count). The van der Waals surface area contributed by atoms with Crippen molar-refractivity contribution in [2.45, 2.75) is 19.9 Å². The Balaban J connectivity index is 1.98. The third-order valence-electron chi connectivity index (χ3n) is 2.99. The molecule has 1 radical (unpaired) electrons. The lowest BCUT2D eigenvalue weighted by molar-refractivity contribution is 0.415. The number of pyridine rings is 1. The molecule has 1 N–H and O–H groups in total. The molecule has 0 atom stereocenters. The van der Waals surface area contributed by atoms with Crippen molar-refractivity contribution in [1.82, 2.24) is 9.97 Å². The summed E-state index contributed by atoms with van der Waals surface area (Å²) in [7, 11) is 1.65. The number of ether oxygens (including phenoxy) is 1. The summed E-state index contributed by atoms with van der Waals surface area (Å²) >= 11 is 1.58. The van der Waals surface area contributed by atoms with Crippen LogP contribution in [0.15, 0.2) is 29.6 Å². The molecule has 4 nitrogen and oxygen atoms in total. The summed E-state index contributed by atoms with van der Waals surface area (Å²) in [5.41, 5.74) is 2.48. The van der Waals surface area contributed by atoms with E-state index in [1.54, 1.807) is 18.4 Å². The summed E-state index contributed by atoms with van der Waals surface area (Å²) < 4.78 is 5.24. The molecule has 0 fully saturated rings. The summed E-state index contributed by atoms with van der Waals surface area (Å²) in [4.78, 5) is 9.18. The monoisotopic (exact) mass is 298 g/mol. The van der Waals surface area contributed by atoms with Gasteiger partial charge in [-0.25, -0.2) is 9.97 Å². The predicted molar refractivity (Wildman–Crippen MR) is 87.0 cm³/mol. The highest BCUT2D eigenvalue weighted by molar-refractivity contribution is 7.14. The Morgan fingerprint density at radius 2 is 2.14 bits per heavy atom. The minimum absolute atomic E-state index is 0.363. The molecule has 0 aliphatic rings. The molecule has 0 aliphatic carbocycles. The number of rotatable bonds is 4. The minimum Gasteiger partial charge on any atom is -0.497 e. The van der Waals surface area contributed by atoms with Gasteiger partial charge in [-0.1, -0.05) is 0 Å². The number of aromatic nitrogens is 2. The van der Waals surface area contributed by atoms with Crippen LogP contribution in [0.1, 0.15) is 13.8 Å². The van der Waals surface area contributed by atoms with Crippen molar-refractivity contribution in [2.75, 3.05) is 12.4 Å². The van der Waals surface area contributed by atoms with E-state index in [1.807, 2.05) is 29.6 Å². The van der Waals surface area contributed by atoms with Gasteiger partial charge in [-0.05, 0) is 32.0 Å². The van der Waals surface area contributed by atoms with Gasteiger partial charge in [0.2, 0.25) is 0 Å². The predicted octanol–water partition coefficient (Wildman–Crippen LogP) is 3.99. The van der Waals surface area contributed by atoms with Crippen LogP contribution in [0, 0.1) is 6.07 Å². The molecule has 0 aliphatic heterocycles. The Morgan fingerprint density at radius 3 is 2.90 bits per heavy atom. The zero-order valence-electron chi connectivity index (χ0n) is 12.2. The fourth-order valence-electron chi connectivity index (χ4n) is 2.00. The van der Waals surface area contributed by atoms with Crippen molar-refractivity contribution in [1.29, 1.82) is 0 Å². The molecule has 2 heterocycles. The summed E-state index contributed by atoms with van der Waals surface area (Å²) in [6.45, 7) is 4.18. The molecule has 0 saturated heterocycles. The molecule has 5 heteroatoms. The van der Waals surface area contributed by atoms with E-state index in [1.165, 1.54) is 0 Å². The maximum Gasteiger partial charge on any atom is 0.183 e. The number of nitrogens with zero attached hydrogens (tertiary/aromatic N) is 2. The van der Waals surface area contributed by atoms with Gasteiger partial charge < -0.3 is 10.1 Å². The normalized spacial score (nSPS) is 11.0. The lowest BCUT2D eigenvalue weighted by Gasteiger charge is -2.05. The third-order valence-corrected chi connectivity index (χ3v) is 3.77. The Hall–Kier alpha value is -2.14. The smallest absolute Gasteiger partial charge is 0.183 e. The standard InChI is InChI=1S/C16H16N3OS/c1-10(2)17-16-19-15(9-21-16)13-7-5-11-4-6-12(20-3)8-14(11)18-13/h4-6,8-10H,1-3H3,(H,17,19). The molecule has 0 saturated carbocycles. The quantitative estimate of drug-likeness (QED) is 0.791. The Labute approximate surface area is 127 Å². The highest BCUT2D eigenvalue weighted by Crippen LogP contribution is 2.26. The molecule has 0 unspecified atom stereocenters. The van der Waals surface area contributed by atoms with Gasteiger partial charge >= 0.3 is 0 Å². The first-order chi connectivity index (χ1) is 10.2. The first-order valence-electron chi connectivity index (χ1n) is 6.74. The zero-order valence-corrected chi connectivity index (χ0v) is 13.0. The lowest BCUT2D eigenvalue weighted by atomic mass is 10.2. The fraction of sp³-hybridized carbons (Fsp3) is 0.250. The number of hydrogen-bond donors (Lipinski definition) is 1. The van der Waals surface area contributed by atoms with Crippen LogP contribution < -0.4 is 10.1 Å². The molecule has 1 aromatic carbocycles. The van der Waals surface area contributed by atoms with Gasteiger partial charge in [-0.3, -0.25) is 0 Å². The molecule has 3 aromatic rings. The number of benzene rings is 1. The molecular weight excluding hydrogens is 282 g/mol. The molecule has 21 heavy (non-hydrogen) atoms. The van der Waals surface area contributed by atoms with Gasteiger partial charge in [0.1, 0.15) is 11.4 Å². The Bertz CT molecular complexity index is 767. The first kappa shape index (κ1) is 13.8. The number of thiazole rings is 1. The number of methoxy groups -OCH3 is 1. The molecule has 107 valence electrons.